The molecule has 1 aliphatic heterocycles. The Labute approximate surface area is 122 Å². The highest BCUT2D eigenvalue weighted by molar-refractivity contribution is 5.42. The maximum absolute atomic E-state index is 9.42. The van der Waals surface area contributed by atoms with Crippen molar-refractivity contribution < 1.29 is 5.11 Å². The average molecular weight is 277 g/mol. The molecule has 1 N–H and O–H groups in total. The van der Waals surface area contributed by atoms with Crippen LogP contribution in [0.1, 0.15) is 37.4 Å². The maximum atomic E-state index is 9.42. The summed E-state index contributed by atoms with van der Waals surface area (Å²) in [5.41, 5.74) is 2.01. The van der Waals surface area contributed by atoms with E-state index in [1.165, 1.54) is 19.5 Å². The van der Waals surface area contributed by atoms with Crippen LogP contribution in [0.5, 0.6) is 0 Å². The summed E-state index contributed by atoms with van der Waals surface area (Å²) in [7, 11) is 4.29. The first-order valence-corrected chi connectivity index (χ1v) is 7.51. The van der Waals surface area contributed by atoms with Gasteiger partial charge in [-0.3, -0.25) is 0 Å². The second-order valence-electron chi connectivity index (χ2n) is 6.37. The van der Waals surface area contributed by atoms with Gasteiger partial charge in [-0.15, -0.1) is 0 Å². The van der Waals surface area contributed by atoms with Crippen LogP contribution < -0.4 is 4.90 Å². The highest BCUT2D eigenvalue weighted by atomic mass is 16.3. The lowest BCUT2D eigenvalue weighted by Crippen LogP contribution is -2.28. The molecule has 0 spiro atoms. The van der Waals surface area contributed by atoms with Crippen molar-refractivity contribution in [3.05, 3.63) is 23.4 Å². The smallest absolute Gasteiger partial charge is 0.128 e. The van der Waals surface area contributed by atoms with Crippen LogP contribution >= 0.6 is 0 Å². The number of nitrogens with zero attached hydrogens (tertiary/aromatic N) is 3. The van der Waals surface area contributed by atoms with E-state index in [-0.39, 0.29) is 6.61 Å². The predicted octanol–water partition coefficient (Wildman–Crippen LogP) is 2.09. The molecule has 4 nitrogen and oxygen atoms in total. The highest BCUT2D eigenvalue weighted by Gasteiger charge is 2.21. The van der Waals surface area contributed by atoms with E-state index in [4.69, 9.17) is 4.98 Å². The lowest BCUT2D eigenvalue weighted by molar-refractivity contribution is 0.281. The number of pyridine rings is 1. The number of hydrogen-bond donors (Lipinski definition) is 1. The molecule has 1 unspecified atom stereocenters. The van der Waals surface area contributed by atoms with Gasteiger partial charge in [-0.25, -0.2) is 4.98 Å². The molecule has 1 aromatic rings. The molecule has 1 fully saturated rings. The molecule has 1 saturated heterocycles. The second kappa shape index (κ2) is 6.55. The molecule has 0 aliphatic carbocycles. The lowest BCUT2D eigenvalue weighted by Gasteiger charge is -2.23. The van der Waals surface area contributed by atoms with E-state index >= 15 is 0 Å². The molecule has 2 heterocycles. The molecule has 4 heteroatoms. The Morgan fingerprint density at radius 3 is 2.75 bits per heavy atom. The Morgan fingerprint density at radius 1 is 1.45 bits per heavy atom. The molecule has 2 rings (SSSR count). The first-order chi connectivity index (χ1) is 9.49. The van der Waals surface area contributed by atoms with Crippen LogP contribution in [-0.4, -0.2) is 48.7 Å². The van der Waals surface area contributed by atoms with E-state index < -0.39 is 0 Å². The van der Waals surface area contributed by atoms with Crippen molar-refractivity contribution >= 4 is 5.82 Å². The van der Waals surface area contributed by atoms with Crippen LogP contribution in [0, 0.1) is 5.92 Å². The van der Waals surface area contributed by atoms with Crippen molar-refractivity contribution in [1.82, 2.24) is 9.88 Å². The van der Waals surface area contributed by atoms with Gasteiger partial charge in [-0.05, 0) is 49.5 Å². The fraction of sp³-hybridized carbons (Fsp3) is 0.688. The third-order valence-corrected chi connectivity index (χ3v) is 4.08. The normalized spacial score (nSPS) is 19.8. The van der Waals surface area contributed by atoms with Crippen molar-refractivity contribution in [3.8, 4) is 0 Å². The number of rotatable bonds is 5. The summed E-state index contributed by atoms with van der Waals surface area (Å²) >= 11 is 0. The summed E-state index contributed by atoms with van der Waals surface area (Å²) in [5.74, 6) is 2.08. The monoisotopic (exact) mass is 277 g/mol. The molecule has 1 aliphatic rings. The van der Waals surface area contributed by atoms with E-state index in [0.717, 1.165) is 23.6 Å². The summed E-state index contributed by atoms with van der Waals surface area (Å²) in [4.78, 5) is 9.36. The Balaban J connectivity index is 2.11. The third kappa shape index (κ3) is 3.70. The minimum absolute atomic E-state index is 0.0786. The van der Waals surface area contributed by atoms with E-state index in [1.807, 2.05) is 12.1 Å². The summed E-state index contributed by atoms with van der Waals surface area (Å²) in [5, 5.41) is 9.42. The van der Waals surface area contributed by atoms with Gasteiger partial charge >= 0.3 is 0 Å². The Hall–Kier alpha value is -1.13. The summed E-state index contributed by atoms with van der Waals surface area (Å²) < 4.78 is 0. The molecule has 112 valence electrons. The maximum Gasteiger partial charge on any atom is 0.128 e. The fourth-order valence-electron chi connectivity index (χ4n) is 2.83. The molecule has 0 bridgehead atoms. The molecule has 20 heavy (non-hydrogen) atoms. The van der Waals surface area contributed by atoms with Gasteiger partial charge in [-0.2, -0.15) is 0 Å². The van der Waals surface area contributed by atoms with Gasteiger partial charge in [0.15, 0.2) is 0 Å². The molecular weight excluding hydrogens is 250 g/mol. The molecule has 0 radical (unpaired) electrons. The van der Waals surface area contributed by atoms with Gasteiger partial charge in [0.05, 0.1) is 6.61 Å². The highest BCUT2D eigenvalue weighted by Crippen LogP contribution is 2.22. The quantitative estimate of drug-likeness (QED) is 0.894. The number of aliphatic hydroxyl groups excluding tert-OH is 1. The third-order valence-electron chi connectivity index (χ3n) is 4.08. The summed E-state index contributed by atoms with van der Waals surface area (Å²) in [6.07, 6.45) is 1.26. The molecule has 0 amide bonds. The second-order valence-corrected chi connectivity index (χ2v) is 6.37. The van der Waals surface area contributed by atoms with Gasteiger partial charge in [0.25, 0.3) is 0 Å². The number of aromatic nitrogens is 1. The zero-order chi connectivity index (χ0) is 14.7. The number of aliphatic hydroxyl groups is 1. The topological polar surface area (TPSA) is 39.6 Å². The minimum atomic E-state index is 0.0786. The van der Waals surface area contributed by atoms with Crippen LogP contribution in [-0.2, 0) is 6.61 Å². The molecule has 1 aromatic heterocycles. The van der Waals surface area contributed by atoms with Crippen LogP contribution in [0.4, 0.5) is 5.82 Å². The minimum Gasteiger partial charge on any atom is -0.392 e. The van der Waals surface area contributed by atoms with Crippen LogP contribution in [0.2, 0.25) is 0 Å². The van der Waals surface area contributed by atoms with Crippen molar-refractivity contribution in [1.29, 1.82) is 0 Å². The first-order valence-electron chi connectivity index (χ1n) is 7.51. The van der Waals surface area contributed by atoms with E-state index in [9.17, 15) is 5.11 Å². The average Bonchev–Trinajstić information content (AvgIpc) is 2.83. The van der Waals surface area contributed by atoms with Crippen molar-refractivity contribution in [2.75, 3.05) is 38.6 Å². The SMILES string of the molecule is CC(C)c1cc(CO)cc(N(C)CC2CCN(C)C2)n1. The van der Waals surface area contributed by atoms with Crippen molar-refractivity contribution in [3.63, 3.8) is 0 Å². The Morgan fingerprint density at radius 2 is 2.20 bits per heavy atom. The van der Waals surface area contributed by atoms with Crippen LogP contribution in [0.3, 0.4) is 0 Å². The molecule has 1 atom stereocenters. The fourth-order valence-corrected chi connectivity index (χ4v) is 2.83. The zero-order valence-corrected chi connectivity index (χ0v) is 13.1. The number of anilines is 1. The number of likely N-dealkylation sites (tertiary alicyclic amines) is 1. The van der Waals surface area contributed by atoms with E-state index in [0.29, 0.717) is 11.8 Å². The number of hydrogen-bond acceptors (Lipinski definition) is 4. The predicted molar refractivity (Wildman–Crippen MR) is 83.1 cm³/mol. The van der Waals surface area contributed by atoms with Crippen LogP contribution in [0.15, 0.2) is 12.1 Å². The van der Waals surface area contributed by atoms with E-state index in [1.54, 1.807) is 0 Å². The molecule has 0 aromatic carbocycles. The molecular formula is C16H27N3O. The van der Waals surface area contributed by atoms with Crippen molar-refractivity contribution in [2.45, 2.75) is 32.8 Å². The van der Waals surface area contributed by atoms with Gasteiger partial charge in [0.1, 0.15) is 5.82 Å². The Kier molecular flexibility index (Phi) is 5.00. The van der Waals surface area contributed by atoms with Gasteiger partial charge in [-0.1, -0.05) is 13.8 Å². The zero-order valence-electron chi connectivity index (χ0n) is 13.1. The Bertz CT molecular complexity index is 447. The summed E-state index contributed by atoms with van der Waals surface area (Å²) in [6.45, 7) is 7.75. The van der Waals surface area contributed by atoms with Gasteiger partial charge in [0, 0.05) is 25.8 Å². The first kappa shape index (κ1) is 15.3. The van der Waals surface area contributed by atoms with Crippen molar-refractivity contribution in [2.24, 2.45) is 5.92 Å². The lowest BCUT2D eigenvalue weighted by atomic mass is 10.1. The van der Waals surface area contributed by atoms with Gasteiger partial charge in [0.2, 0.25) is 0 Å². The van der Waals surface area contributed by atoms with E-state index in [2.05, 4.69) is 37.7 Å². The van der Waals surface area contributed by atoms with Gasteiger partial charge < -0.3 is 14.9 Å². The standard InChI is InChI=1S/C16H27N3O/c1-12(2)15-7-14(11-20)8-16(17-15)19(4)10-13-5-6-18(3)9-13/h7-8,12-13,20H,5-6,9-11H2,1-4H3. The largest absolute Gasteiger partial charge is 0.392 e. The van der Waals surface area contributed by atoms with Crippen LogP contribution in [0.25, 0.3) is 0 Å². The summed E-state index contributed by atoms with van der Waals surface area (Å²) in [6, 6.07) is 4.01. The molecule has 0 saturated carbocycles.